The monoisotopic (exact) mass is 491 g/mol. The van der Waals surface area contributed by atoms with Crippen LogP contribution in [-0.4, -0.2) is 50.5 Å². The van der Waals surface area contributed by atoms with Gasteiger partial charge in [0.1, 0.15) is 18.4 Å². The number of para-hydroxylation sites is 1. The van der Waals surface area contributed by atoms with Crippen molar-refractivity contribution in [1.29, 1.82) is 0 Å². The maximum atomic E-state index is 13.5. The zero-order valence-corrected chi connectivity index (χ0v) is 21.1. The molecule has 9 heteroatoms. The third-order valence-corrected chi connectivity index (χ3v) is 6.71. The molecule has 1 N–H and O–H groups in total. The molecule has 0 aromatic heterocycles. The van der Waals surface area contributed by atoms with Crippen molar-refractivity contribution < 1.29 is 22.4 Å². The number of rotatable bonds is 12. The zero-order valence-electron chi connectivity index (χ0n) is 20.3. The third kappa shape index (κ3) is 7.55. The topological polar surface area (TPSA) is 86.8 Å². The minimum absolute atomic E-state index is 0.0362. The number of nitrogens with zero attached hydrogens (tertiary/aromatic N) is 2. The Bertz CT molecular complexity index is 1070. The highest BCUT2D eigenvalue weighted by Gasteiger charge is 2.30. The van der Waals surface area contributed by atoms with Crippen molar-refractivity contribution in [3.63, 3.8) is 0 Å². The van der Waals surface area contributed by atoms with Crippen LogP contribution >= 0.6 is 0 Å². The first-order valence-electron chi connectivity index (χ1n) is 11.5. The van der Waals surface area contributed by atoms with E-state index in [-0.39, 0.29) is 12.5 Å². The van der Waals surface area contributed by atoms with Crippen LogP contribution in [0, 0.1) is 5.82 Å². The molecule has 2 amide bonds. The standard InChI is InChI=1S/C25H34FN3O4S/c1-5-7-16-27-25(31)19(3)28(17-20-12-14-22(26)15-13-20)24(30)18-29(34(4,32)33)23-11-9-8-10-21(23)6-2/h8-15,19H,5-7,16-18H2,1-4H3,(H,27,31)/t19-/m0/s1. The van der Waals surface area contributed by atoms with E-state index in [2.05, 4.69) is 5.32 Å². The van der Waals surface area contributed by atoms with Gasteiger partial charge in [0.2, 0.25) is 21.8 Å². The molecular weight excluding hydrogens is 457 g/mol. The minimum Gasteiger partial charge on any atom is -0.354 e. The number of aryl methyl sites for hydroxylation is 1. The fourth-order valence-corrected chi connectivity index (χ4v) is 4.43. The lowest BCUT2D eigenvalue weighted by Gasteiger charge is -2.32. The number of hydrogen-bond acceptors (Lipinski definition) is 4. The van der Waals surface area contributed by atoms with Crippen molar-refractivity contribution in [2.75, 3.05) is 23.7 Å². The Labute approximate surface area is 202 Å². The average Bonchev–Trinajstić information content (AvgIpc) is 2.81. The van der Waals surface area contributed by atoms with Gasteiger partial charge in [0.05, 0.1) is 11.9 Å². The van der Waals surface area contributed by atoms with Crippen molar-refractivity contribution >= 4 is 27.5 Å². The van der Waals surface area contributed by atoms with Crippen molar-refractivity contribution in [3.8, 4) is 0 Å². The van der Waals surface area contributed by atoms with Gasteiger partial charge in [-0.15, -0.1) is 0 Å². The van der Waals surface area contributed by atoms with Crippen LogP contribution in [0.1, 0.15) is 44.7 Å². The summed E-state index contributed by atoms with van der Waals surface area (Å²) < 4.78 is 39.8. The molecule has 186 valence electrons. The van der Waals surface area contributed by atoms with Crippen LogP contribution in [0.25, 0.3) is 0 Å². The Balaban J connectivity index is 2.37. The SMILES string of the molecule is CCCCNC(=O)[C@H](C)N(Cc1ccc(F)cc1)C(=O)CN(c1ccccc1CC)S(C)(=O)=O. The smallest absolute Gasteiger partial charge is 0.244 e. The lowest BCUT2D eigenvalue weighted by molar-refractivity contribution is -0.139. The number of unbranched alkanes of at least 4 members (excludes halogenated alkanes) is 1. The highest BCUT2D eigenvalue weighted by molar-refractivity contribution is 7.92. The molecule has 0 unspecified atom stereocenters. The molecule has 0 heterocycles. The summed E-state index contributed by atoms with van der Waals surface area (Å²) in [6.07, 6.45) is 3.36. The van der Waals surface area contributed by atoms with Gasteiger partial charge >= 0.3 is 0 Å². The van der Waals surface area contributed by atoms with Crippen LogP contribution in [0.2, 0.25) is 0 Å². The van der Waals surface area contributed by atoms with Crippen LogP contribution in [0.5, 0.6) is 0 Å². The van der Waals surface area contributed by atoms with Gasteiger partial charge in [-0.25, -0.2) is 12.8 Å². The molecule has 1 atom stereocenters. The second kappa shape index (κ2) is 12.5. The van der Waals surface area contributed by atoms with Crippen molar-refractivity contribution in [1.82, 2.24) is 10.2 Å². The number of carbonyl (C=O) groups is 2. The minimum atomic E-state index is -3.79. The molecule has 0 aliphatic rings. The van der Waals surface area contributed by atoms with E-state index in [0.29, 0.717) is 24.2 Å². The van der Waals surface area contributed by atoms with Crippen molar-refractivity contribution in [2.45, 2.75) is 52.6 Å². The summed E-state index contributed by atoms with van der Waals surface area (Å²) in [5.41, 5.74) is 1.85. The van der Waals surface area contributed by atoms with E-state index in [1.165, 1.54) is 29.2 Å². The summed E-state index contributed by atoms with van der Waals surface area (Å²) >= 11 is 0. The molecule has 2 aromatic carbocycles. The number of amides is 2. The number of halogens is 1. The molecule has 0 spiro atoms. The number of carbonyl (C=O) groups excluding carboxylic acids is 2. The highest BCUT2D eigenvalue weighted by atomic mass is 32.2. The van der Waals surface area contributed by atoms with Crippen LogP contribution in [0.4, 0.5) is 10.1 Å². The van der Waals surface area contributed by atoms with E-state index in [1.54, 1.807) is 19.1 Å². The number of nitrogens with one attached hydrogen (secondary N) is 1. The second-order valence-corrected chi connectivity index (χ2v) is 10.1. The van der Waals surface area contributed by atoms with E-state index >= 15 is 0 Å². The Morgan fingerprint density at radius 3 is 2.29 bits per heavy atom. The fraction of sp³-hybridized carbons (Fsp3) is 0.440. The van der Waals surface area contributed by atoms with E-state index in [1.807, 2.05) is 26.0 Å². The van der Waals surface area contributed by atoms with Gasteiger partial charge in [0.25, 0.3) is 0 Å². The first kappa shape index (κ1) is 27.3. The first-order chi connectivity index (χ1) is 16.1. The third-order valence-electron chi connectivity index (χ3n) is 5.58. The number of hydrogen-bond donors (Lipinski definition) is 1. The maximum absolute atomic E-state index is 13.5. The quantitative estimate of drug-likeness (QED) is 0.461. The van der Waals surface area contributed by atoms with Crippen LogP contribution in [0.3, 0.4) is 0 Å². The Kier molecular flexibility index (Phi) is 10.0. The van der Waals surface area contributed by atoms with E-state index in [4.69, 9.17) is 0 Å². The molecule has 0 aliphatic heterocycles. The molecule has 0 saturated heterocycles. The normalized spacial score (nSPS) is 12.1. The van der Waals surface area contributed by atoms with Gasteiger partial charge in [-0.1, -0.05) is 50.6 Å². The Morgan fingerprint density at radius 1 is 1.06 bits per heavy atom. The van der Waals surface area contributed by atoms with Crippen molar-refractivity contribution in [3.05, 3.63) is 65.5 Å². The molecule has 34 heavy (non-hydrogen) atoms. The molecule has 0 bridgehead atoms. The fourth-order valence-electron chi connectivity index (χ4n) is 3.55. The molecule has 0 saturated carbocycles. The molecule has 7 nitrogen and oxygen atoms in total. The van der Waals surface area contributed by atoms with Gasteiger partial charge in [-0.05, 0) is 49.1 Å². The van der Waals surface area contributed by atoms with E-state index in [9.17, 15) is 22.4 Å². The summed E-state index contributed by atoms with van der Waals surface area (Å²) in [4.78, 5) is 27.6. The Hall–Kier alpha value is -2.94. The first-order valence-corrected chi connectivity index (χ1v) is 13.3. The molecular formula is C25H34FN3O4S. The second-order valence-electron chi connectivity index (χ2n) is 8.22. The zero-order chi connectivity index (χ0) is 25.3. The summed E-state index contributed by atoms with van der Waals surface area (Å²) in [6, 6.07) is 11.8. The summed E-state index contributed by atoms with van der Waals surface area (Å²) in [7, 11) is -3.79. The molecule has 0 radical (unpaired) electrons. The lowest BCUT2D eigenvalue weighted by atomic mass is 10.1. The van der Waals surface area contributed by atoms with Crippen molar-refractivity contribution in [2.24, 2.45) is 0 Å². The Morgan fingerprint density at radius 2 is 1.71 bits per heavy atom. The molecule has 0 fully saturated rings. The molecule has 2 aromatic rings. The number of benzene rings is 2. The van der Waals surface area contributed by atoms with Crippen LogP contribution in [-0.2, 0) is 32.6 Å². The molecule has 2 rings (SSSR count). The maximum Gasteiger partial charge on any atom is 0.244 e. The van der Waals surface area contributed by atoms with Gasteiger partial charge in [0, 0.05) is 13.1 Å². The number of anilines is 1. The van der Waals surface area contributed by atoms with Crippen LogP contribution in [0.15, 0.2) is 48.5 Å². The number of sulfonamides is 1. The predicted octanol–water partition coefficient (Wildman–Crippen LogP) is 3.49. The lowest BCUT2D eigenvalue weighted by Crippen LogP contribution is -2.51. The summed E-state index contributed by atoms with van der Waals surface area (Å²) in [6.45, 7) is 5.59. The predicted molar refractivity (Wildman–Crippen MR) is 132 cm³/mol. The van der Waals surface area contributed by atoms with Gasteiger partial charge in [0.15, 0.2) is 0 Å². The van der Waals surface area contributed by atoms with Gasteiger partial charge in [-0.3, -0.25) is 13.9 Å². The summed E-state index contributed by atoms with van der Waals surface area (Å²) in [5, 5.41) is 2.82. The average molecular weight is 492 g/mol. The van der Waals surface area contributed by atoms with Gasteiger partial charge in [-0.2, -0.15) is 0 Å². The molecule has 0 aliphatic carbocycles. The van der Waals surface area contributed by atoms with E-state index < -0.39 is 34.3 Å². The van der Waals surface area contributed by atoms with E-state index in [0.717, 1.165) is 29.0 Å². The van der Waals surface area contributed by atoms with Crippen LogP contribution < -0.4 is 9.62 Å². The largest absolute Gasteiger partial charge is 0.354 e. The highest BCUT2D eigenvalue weighted by Crippen LogP contribution is 2.24. The van der Waals surface area contributed by atoms with Gasteiger partial charge < -0.3 is 10.2 Å². The summed E-state index contributed by atoms with van der Waals surface area (Å²) in [5.74, 6) is -1.27.